The monoisotopic (exact) mass is 133 g/mol. The largest absolute Gasteiger partial charge is 0.237 e. The van der Waals surface area contributed by atoms with Crippen molar-refractivity contribution in [1.82, 2.24) is 9.97 Å². The molecule has 0 bridgehead atoms. The van der Waals surface area contributed by atoms with E-state index in [1.165, 1.54) is 0 Å². The molecule has 0 saturated carbocycles. The molecule has 1 aromatic rings. The van der Waals surface area contributed by atoms with E-state index in [1.54, 1.807) is 18.5 Å². The van der Waals surface area contributed by atoms with Crippen LogP contribution in [-0.2, 0) is 0 Å². The third kappa shape index (κ3) is 1.97. The molecule has 0 aromatic carbocycles. The van der Waals surface area contributed by atoms with Crippen molar-refractivity contribution in [3.05, 3.63) is 36.4 Å². The zero-order valence-corrected chi connectivity index (χ0v) is 5.91. The molecule has 0 aliphatic heterocycles. The quantitative estimate of drug-likeness (QED) is 0.612. The molecule has 0 N–H and O–H groups in total. The Morgan fingerprint density at radius 2 is 2.20 bits per heavy atom. The Morgan fingerprint density at radius 1 is 1.50 bits per heavy atom. The summed E-state index contributed by atoms with van der Waals surface area (Å²) in [6, 6.07) is 1.79. The van der Waals surface area contributed by atoms with E-state index in [9.17, 15) is 0 Å². The molecule has 2 nitrogen and oxygen atoms in total. The summed E-state index contributed by atoms with van der Waals surface area (Å²) < 4.78 is 0. The van der Waals surface area contributed by atoms with E-state index in [1.807, 2.05) is 6.08 Å². The Morgan fingerprint density at radius 3 is 2.80 bits per heavy atom. The van der Waals surface area contributed by atoms with Gasteiger partial charge in [-0.15, -0.1) is 0 Å². The fraction of sp³-hybridized carbons (Fsp3) is 0.250. The van der Waals surface area contributed by atoms with Gasteiger partial charge in [0.25, 0.3) is 0 Å². The third-order valence-electron chi connectivity index (χ3n) is 1.00. The molecular weight excluding hydrogens is 124 g/mol. The zero-order valence-electron chi connectivity index (χ0n) is 5.91. The van der Waals surface area contributed by atoms with E-state index in [0.29, 0.717) is 5.82 Å². The summed E-state index contributed by atoms with van der Waals surface area (Å²) in [4.78, 5) is 7.93. The smallest absolute Gasteiger partial charge is 0.159 e. The van der Waals surface area contributed by atoms with Crippen LogP contribution in [0.15, 0.2) is 24.5 Å². The highest BCUT2D eigenvalue weighted by Gasteiger charge is 1.83. The van der Waals surface area contributed by atoms with Crippen LogP contribution in [0.25, 0.3) is 0 Å². The lowest BCUT2D eigenvalue weighted by Gasteiger charge is -1.85. The molecule has 0 aliphatic rings. The van der Waals surface area contributed by atoms with Crippen molar-refractivity contribution in [3.8, 4) is 0 Å². The Kier molecular flexibility index (Phi) is 2.62. The standard InChI is InChI=1S/C8H9N2/c1-2-3-5-8-9-6-4-7-10-8/h3-4,6-7H,2H2,1H3. The van der Waals surface area contributed by atoms with Crippen molar-refractivity contribution in [1.29, 1.82) is 0 Å². The minimum Gasteiger partial charge on any atom is -0.237 e. The molecule has 2 heteroatoms. The van der Waals surface area contributed by atoms with Crippen LogP contribution in [0.2, 0.25) is 0 Å². The molecule has 0 amide bonds. The van der Waals surface area contributed by atoms with Crippen molar-refractivity contribution in [2.45, 2.75) is 13.3 Å². The summed E-state index contributed by atoms with van der Waals surface area (Å²) in [5.74, 6) is 0.657. The van der Waals surface area contributed by atoms with Crippen molar-refractivity contribution < 1.29 is 0 Å². The molecule has 1 heterocycles. The van der Waals surface area contributed by atoms with Crippen LogP contribution in [0, 0.1) is 6.08 Å². The van der Waals surface area contributed by atoms with Crippen molar-refractivity contribution in [3.63, 3.8) is 0 Å². The van der Waals surface area contributed by atoms with Gasteiger partial charge in [-0.2, -0.15) is 0 Å². The van der Waals surface area contributed by atoms with Crippen LogP contribution in [-0.4, -0.2) is 9.97 Å². The average Bonchev–Trinajstić information content (AvgIpc) is 2.03. The molecule has 1 aromatic heterocycles. The van der Waals surface area contributed by atoms with Crippen molar-refractivity contribution in [2.75, 3.05) is 0 Å². The molecule has 1 rings (SSSR count). The third-order valence-corrected chi connectivity index (χ3v) is 1.00. The Labute approximate surface area is 60.6 Å². The van der Waals surface area contributed by atoms with E-state index >= 15 is 0 Å². The van der Waals surface area contributed by atoms with Gasteiger partial charge in [0, 0.05) is 18.5 Å². The fourth-order valence-electron chi connectivity index (χ4n) is 0.567. The molecule has 0 atom stereocenters. The molecule has 0 unspecified atom stereocenters. The topological polar surface area (TPSA) is 25.8 Å². The highest BCUT2D eigenvalue weighted by atomic mass is 14.8. The van der Waals surface area contributed by atoms with E-state index in [4.69, 9.17) is 0 Å². The second kappa shape index (κ2) is 3.77. The van der Waals surface area contributed by atoms with Gasteiger partial charge in [-0.1, -0.05) is 13.0 Å². The number of allylic oxidation sites excluding steroid dienone is 1. The first-order valence-electron chi connectivity index (χ1n) is 3.28. The van der Waals surface area contributed by atoms with E-state index in [-0.39, 0.29) is 0 Å². The highest BCUT2D eigenvalue weighted by Crippen LogP contribution is 1.88. The van der Waals surface area contributed by atoms with Crippen molar-refractivity contribution >= 4 is 0 Å². The molecular formula is C8H9N2. The van der Waals surface area contributed by atoms with Crippen LogP contribution in [0.3, 0.4) is 0 Å². The second-order valence-electron chi connectivity index (χ2n) is 1.83. The molecule has 0 saturated heterocycles. The number of hydrogen-bond acceptors (Lipinski definition) is 2. The Bertz CT molecular complexity index is 204. The maximum Gasteiger partial charge on any atom is 0.159 e. The van der Waals surface area contributed by atoms with Gasteiger partial charge in [0.2, 0.25) is 0 Å². The maximum absolute atomic E-state index is 3.96. The first-order chi connectivity index (χ1) is 4.93. The van der Waals surface area contributed by atoms with Gasteiger partial charge in [0.1, 0.15) is 0 Å². The summed E-state index contributed by atoms with van der Waals surface area (Å²) in [5.41, 5.74) is 0. The van der Waals surface area contributed by atoms with E-state index < -0.39 is 0 Å². The molecule has 51 valence electrons. The SMILES string of the molecule is CCC=[C]c1ncccn1. The Hall–Kier alpha value is -1.18. The molecule has 0 fully saturated rings. The van der Waals surface area contributed by atoms with Gasteiger partial charge >= 0.3 is 0 Å². The molecule has 10 heavy (non-hydrogen) atoms. The van der Waals surface area contributed by atoms with Crippen LogP contribution in [0.5, 0.6) is 0 Å². The maximum atomic E-state index is 3.96. The lowest BCUT2D eigenvalue weighted by Crippen LogP contribution is -1.83. The van der Waals surface area contributed by atoms with Crippen LogP contribution in [0.1, 0.15) is 19.2 Å². The number of nitrogens with zero attached hydrogens (tertiary/aromatic N) is 2. The van der Waals surface area contributed by atoms with Gasteiger partial charge in [-0.05, 0) is 12.5 Å². The number of aromatic nitrogens is 2. The predicted molar refractivity (Wildman–Crippen MR) is 39.2 cm³/mol. The summed E-state index contributed by atoms with van der Waals surface area (Å²) in [6.07, 6.45) is 9.24. The Balaban J connectivity index is 2.67. The van der Waals surface area contributed by atoms with E-state index in [0.717, 1.165) is 6.42 Å². The summed E-state index contributed by atoms with van der Waals surface area (Å²) >= 11 is 0. The van der Waals surface area contributed by atoms with Gasteiger partial charge in [0.15, 0.2) is 5.82 Å². The van der Waals surface area contributed by atoms with Crippen LogP contribution in [0.4, 0.5) is 0 Å². The van der Waals surface area contributed by atoms with Crippen molar-refractivity contribution in [2.24, 2.45) is 0 Å². The highest BCUT2D eigenvalue weighted by molar-refractivity contribution is 4.99. The fourth-order valence-corrected chi connectivity index (χ4v) is 0.567. The van der Waals surface area contributed by atoms with E-state index in [2.05, 4.69) is 23.0 Å². The zero-order chi connectivity index (χ0) is 7.23. The lowest BCUT2D eigenvalue weighted by molar-refractivity contribution is 1.08. The first kappa shape index (κ1) is 6.93. The minimum absolute atomic E-state index is 0.657. The normalized spacial score (nSPS) is 10.5. The second-order valence-corrected chi connectivity index (χ2v) is 1.83. The van der Waals surface area contributed by atoms with Gasteiger partial charge < -0.3 is 0 Å². The minimum atomic E-state index is 0.657. The lowest BCUT2D eigenvalue weighted by atomic mass is 10.4. The summed E-state index contributed by atoms with van der Waals surface area (Å²) in [5, 5.41) is 0. The van der Waals surface area contributed by atoms with Crippen LogP contribution < -0.4 is 0 Å². The summed E-state index contributed by atoms with van der Waals surface area (Å²) in [7, 11) is 0. The van der Waals surface area contributed by atoms with Gasteiger partial charge in [0.05, 0.1) is 0 Å². The predicted octanol–water partition coefficient (Wildman–Crippen LogP) is 1.59. The molecule has 0 aliphatic carbocycles. The number of rotatable bonds is 2. The average molecular weight is 133 g/mol. The molecule has 0 spiro atoms. The van der Waals surface area contributed by atoms with Gasteiger partial charge in [-0.25, -0.2) is 9.97 Å². The first-order valence-corrected chi connectivity index (χ1v) is 3.28. The van der Waals surface area contributed by atoms with Gasteiger partial charge in [-0.3, -0.25) is 0 Å². The molecule has 1 radical (unpaired) electrons. The number of hydrogen-bond donors (Lipinski definition) is 0. The van der Waals surface area contributed by atoms with Crippen LogP contribution >= 0.6 is 0 Å². The summed E-state index contributed by atoms with van der Waals surface area (Å²) in [6.45, 7) is 2.05.